The van der Waals surface area contributed by atoms with E-state index in [-0.39, 0.29) is 23.8 Å². The second-order valence-corrected chi connectivity index (χ2v) is 8.53. The summed E-state index contributed by atoms with van der Waals surface area (Å²) >= 11 is 0. The molecule has 35 heavy (non-hydrogen) atoms. The van der Waals surface area contributed by atoms with Gasteiger partial charge in [0.1, 0.15) is 11.4 Å². The summed E-state index contributed by atoms with van der Waals surface area (Å²) in [5, 5.41) is 14.4. The van der Waals surface area contributed by atoms with Gasteiger partial charge in [-0.2, -0.15) is 5.10 Å². The van der Waals surface area contributed by atoms with Crippen LogP contribution in [0.15, 0.2) is 42.6 Å². The Balaban J connectivity index is 1.30. The third-order valence-corrected chi connectivity index (χ3v) is 5.83. The number of amides is 2. The number of ether oxygens (including phenoxy) is 2. The third kappa shape index (κ3) is 4.71. The normalized spacial score (nSPS) is 16.8. The summed E-state index contributed by atoms with van der Waals surface area (Å²) in [4.78, 5) is 29.3. The molecule has 1 aliphatic carbocycles. The Hall–Kier alpha value is -4.25. The molecule has 2 N–H and O–H groups in total. The Bertz CT molecular complexity index is 1440. The van der Waals surface area contributed by atoms with Crippen LogP contribution in [0.1, 0.15) is 28.2 Å². The first-order valence-corrected chi connectivity index (χ1v) is 11.1. The molecule has 1 saturated carbocycles. The molecule has 3 heterocycles. The van der Waals surface area contributed by atoms with E-state index < -0.39 is 0 Å². The lowest BCUT2D eigenvalue weighted by Crippen LogP contribution is -2.16. The van der Waals surface area contributed by atoms with E-state index in [4.69, 9.17) is 9.47 Å². The topological polar surface area (TPSA) is 125 Å². The lowest BCUT2D eigenvalue weighted by Gasteiger charge is -2.11. The van der Waals surface area contributed by atoms with Crippen molar-refractivity contribution in [3.63, 3.8) is 0 Å². The zero-order chi connectivity index (χ0) is 24.7. The summed E-state index contributed by atoms with van der Waals surface area (Å²) in [6.45, 7) is 3.73. The van der Waals surface area contributed by atoms with Crippen molar-refractivity contribution in [1.82, 2.24) is 24.4 Å². The maximum Gasteiger partial charge on any atom is 0.273 e. The van der Waals surface area contributed by atoms with Gasteiger partial charge in [0.2, 0.25) is 11.8 Å². The predicted molar refractivity (Wildman–Crippen MR) is 128 cm³/mol. The Kier molecular flexibility index (Phi) is 5.69. The average Bonchev–Trinajstić information content (AvgIpc) is 3.40. The molecule has 0 bridgehead atoms. The highest BCUT2D eigenvalue weighted by Gasteiger charge is 2.43. The van der Waals surface area contributed by atoms with Crippen LogP contribution in [0.5, 0.6) is 11.6 Å². The number of hydrogen-bond donors (Lipinski definition) is 2. The molecular formula is C24H25N7O4. The van der Waals surface area contributed by atoms with Crippen LogP contribution in [0.3, 0.4) is 0 Å². The Labute approximate surface area is 201 Å². The number of nitrogens with zero attached hydrogens (tertiary/aromatic N) is 5. The second-order valence-electron chi connectivity index (χ2n) is 8.53. The fraction of sp³-hybridized carbons (Fsp3) is 0.292. The van der Waals surface area contributed by atoms with Gasteiger partial charge in [0.15, 0.2) is 11.5 Å². The van der Waals surface area contributed by atoms with Gasteiger partial charge in [-0.15, -0.1) is 5.10 Å². The largest absolute Gasteiger partial charge is 0.438 e. The number of carbonyl (C=O) groups excluding carboxylic acids is 2. The maximum absolute atomic E-state index is 12.7. The van der Waals surface area contributed by atoms with Crippen molar-refractivity contribution >= 4 is 29.0 Å². The zero-order valence-corrected chi connectivity index (χ0v) is 19.8. The van der Waals surface area contributed by atoms with Crippen molar-refractivity contribution in [2.75, 3.05) is 17.7 Å². The molecule has 1 aromatic carbocycles. The second kappa shape index (κ2) is 8.84. The maximum atomic E-state index is 12.7. The van der Waals surface area contributed by atoms with Crippen LogP contribution >= 0.6 is 0 Å². The van der Waals surface area contributed by atoms with Gasteiger partial charge < -0.3 is 20.1 Å². The van der Waals surface area contributed by atoms with Crippen molar-refractivity contribution in [2.45, 2.75) is 26.4 Å². The number of fused-ring (bicyclic) bond motifs is 1. The number of anilines is 2. The van der Waals surface area contributed by atoms with E-state index >= 15 is 0 Å². The molecule has 2 atom stereocenters. The highest BCUT2D eigenvalue weighted by molar-refractivity contribution is 6.03. The van der Waals surface area contributed by atoms with Crippen LogP contribution < -0.4 is 15.4 Å². The van der Waals surface area contributed by atoms with Crippen LogP contribution in [0, 0.1) is 19.8 Å². The SMILES string of the molecule is COC1CC1C(=O)Nc1cn2nc(Oc3ccc(C)c(NC(=O)c4cc(C)nn4C)c3)ccc2n1. The van der Waals surface area contributed by atoms with E-state index in [1.807, 2.05) is 19.9 Å². The number of carbonyl (C=O) groups is 2. The van der Waals surface area contributed by atoms with Gasteiger partial charge in [-0.1, -0.05) is 6.07 Å². The summed E-state index contributed by atoms with van der Waals surface area (Å²) in [5.41, 5.74) is 3.29. The third-order valence-electron chi connectivity index (χ3n) is 5.83. The fourth-order valence-corrected chi connectivity index (χ4v) is 3.84. The van der Waals surface area contributed by atoms with Crippen molar-refractivity contribution in [2.24, 2.45) is 13.0 Å². The van der Waals surface area contributed by atoms with Crippen molar-refractivity contribution in [3.8, 4) is 11.6 Å². The molecule has 3 aromatic heterocycles. The average molecular weight is 476 g/mol. The molecule has 11 nitrogen and oxygen atoms in total. The molecule has 0 aliphatic heterocycles. The number of aromatic nitrogens is 5. The van der Waals surface area contributed by atoms with E-state index in [1.165, 1.54) is 4.52 Å². The van der Waals surface area contributed by atoms with E-state index in [9.17, 15) is 9.59 Å². The van der Waals surface area contributed by atoms with Gasteiger partial charge in [0.05, 0.1) is 23.9 Å². The first kappa shape index (κ1) is 22.5. The van der Waals surface area contributed by atoms with Gasteiger partial charge in [0, 0.05) is 32.0 Å². The Morgan fingerprint density at radius 3 is 2.63 bits per heavy atom. The Morgan fingerprint density at radius 2 is 1.91 bits per heavy atom. The van der Waals surface area contributed by atoms with Crippen LogP contribution in [-0.4, -0.2) is 49.4 Å². The van der Waals surface area contributed by atoms with E-state index in [0.717, 1.165) is 11.3 Å². The smallest absolute Gasteiger partial charge is 0.273 e. The number of methoxy groups -OCH3 is 1. The van der Waals surface area contributed by atoms with Gasteiger partial charge in [-0.25, -0.2) is 9.50 Å². The molecule has 180 valence electrons. The Morgan fingerprint density at radius 1 is 1.09 bits per heavy atom. The highest BCUT2D eigenvalue weighted by Crippen LogP contribution is 2.34. The highest BCUT2D eigenvalue weighted by atomic mass is 16.5. The lowest BCUT2D eigenvalue weighted by atomic mass is 10.2. The summed E-state index contributed by atoms with van der Waals surface area (Å²) in [7, 11) is 3.33. The molecule has 11 heteroatoms. The van der Waals surface area contributed by atoms with Crippen molar-refractivity contribution in [1.29, 1.82) is 0 Å². The molecule has 0 radical (unpaired) electrons. The minimum Gasteiger partial charge on any atom is -0.438 e. The minimum atomic E-state index is -0.260. The molecule has 1 aliphatic rings. The number of benzene rings is 1. The summed E-state index contributed by atoms with van der Waals surface area (Å²) < 4.78 is 14.2. The van der Waals surface area contributed by atoms with Crippen LogP contribution in [0.4, 0.5) is 11.5 Å². The predicted octanol–water partition coefficient (Wildman–Crippen LogP) is 3.10. The first-order chi connectivity index (χ1) is 16.8. The minimum absolute atomic E-state index is 0.0254. The number of nitrogens with one attached hydrogen (secondary N) is 2. The molecule has 2 unspecified atom stereocenters. The van der Waals surface area contributed by atoms with Gasteiger partial charge in [-0.3, -0.25) is 14.3 Å². The molecule has 0 spiro atoms. The number of hydrogen-bond acceptors (Lipinski definition) is 7. The van der Waals surface area contributed by atoms with Crippen LogP contribution in [0.25, 0.3) is 5.65 Å². The molecule has 2 amide bonds. The van der Waals surface area contributed by atoms with Crippen LogP contribution in [0.2, 0.25) is 0 Å². The van der Waals surface area contributed by atoms with Crippen molar-refractivity contribution in [3.05, 3.63) is 59.5 Å². The molecule has 1 fully saturated rings. The van der Waals surface area contributed by atoms with E-state index in [0.29, 0.717) is 40.9 Å². The monoisotopic (exact) mass is 475 g/mol. The van der Waals surface area contributed by atoms with Crippen LogP contribution in [-0.2, 0) is 16.6 Å². The van der Waals surface area contributed by atoms with Gasteiger partial charge >= 0.3 is 0 Å². The van der Waals surface area contributed by atoms with E-state index in [1.54, 1.807) is 55.4 Å². The summed E-state index contributed by atoms with van der Waals surface area (Å²) in [6, 6.07) is 10.6. The molecule has 5 rings (SSSR count). The lowest BCUT2D eigenvalue weighted by molar-refractivity contribution is -0.118. The molecule has 0 saturated heterocycles. The quantitative estimate of drug-likeness (QED) is 0.421. The fourth-order valence-electron chi connectivity index (χ4n) is 3.84. The zero-order valence-electron chi connectivity index (χ0n) is 19.8. The van der Waals surface area contributed by atoms with Gasteiger partial charge in [-0.05, 0) is 44.0 Å². The number of imidazole rings is 1. The first-order valence-electron chi connectivity index (χ1n) is 11.1. The van der Waals surface area contributed by atoms with Gasteiger partial charge in [0.25, 0.3) is 5.91 Å². The van der Waals surface area contributed by atoms with Crippen molar-refractivity contribution < 1.29 is 19.1 Å². The summed E-state index contributed by atoms with van der Waals surface area (Å²) in [6.07, 6.45) is 2.32. The number of rotatable bonds is 7. The standard InChI is InChI=1S/C24H25N7O4/c1-13-5-6-15(10-17(13)25-24(33)18-9-14(2)28-30(18)3)35-22-8-7-21-26-20(12-31(21)29-22)27-23(32)16-11-19(16)34-4/h5-10,12,16,19H,11H2,1-4H3,(H,25,33)(H,27,32). The number of aryl methyl sites for hydroxylation is 3. The molecule has 4 aromatic rings. The van der Waals surface area contributed by atoms with E-state index in [2.05, 4.69) is 25.8 Å². The molecular weight excluding hydrogens is 450 g/mol. The summed E-state index contributed by atoms with van der Waals surface area (Å²) in [5.74, 6) is 0.725.